The van der Waals surface area contributed by atoms with E-state index in [1.807, 2.05) is 24.8 Å². The Hall–Kier alpha value is -5.07. The minimum absolute atomic E-state index is 0.00393. The molecule has 2 atom stereocenters. The van der Waals surface area contributed by atoms with Crippen LogP contribution in [0.2, 0.25) is 5.02 Å². The maximum atomic E-state index is 14.6. The van der Waals surface area contributed by atoms with Gasteiger partial charge in [-0.2, -0.15) is 22.7 Å². The van der Waals surface area contributed by atoms with Crippen LogP contribution in [-0.4, -0.2) is 103 Å². The van der Waals surface area contributed by atoms with E-state index in [1.165, 1.54) is 10.8 Å². The standard InChI is InChI=1S/C37H39ClF3N9O6/c1-20-16-36(7-9-47(10-8-36)34(54)28-30(52)32(43-19-42-28)48-11-14-56-18-21(48)2)27-29(20)49(17-26(51)44-25-4-3-23(15-24(25)38)37(39,40)41)35-45-31(46-50(35)33(27)53)22-5-12-55-13-6-22/h3-5,15,19-21,52H,6-14,16-18H2,1-2H3,(H,44,51)/t20?,21-/m0/s1. The zero-order chi connectivity index (χ0) is 39.5. The Morgan fingerprint density at radius 1 is 1.11 bits per heavy atom. The summed E-state index contributed by atoms with van der Waals surface area (Å²) in [6, 6.07) is 2.61. The van der Waals surface area contributed by atoms with Crippen LogP contribution in [0.4, 0.5) is 24.7 Å². The van der Waals surface area contributed by atoms with E-state index < -0.39 is 29.0 Å². The highest BCUT2D eigenvalue weighted by Crippen LogP contribution is 2.50. The van der Waals surface area contributed by atoms with Gasteiger partial charge in [0.25, 0.3) is 11.5 Å². The van der Waals surface area contributed by atoms with Crippen molar-refractivity contribution in [1.82, 2.24) is 34.0 Å². The number of benzene rings is 1. The van der Waals surface area contributed by atoms with Gasteiger partial charge < -0.3 is 34.3 Å². The second-order valence-corrected chi connectivity index (χ2v) is 15.2. The molecule has 2 N–H and O–H groups in total. The molecule has 6 heterocycles. The Morgan fingerprint density at radius 2 is 1.89 bits per heavy atom. The molecule has 0 bridgehead atoms. The summed E-state index contributed by atoms with van der Waals surface area (Å²) in [4.78, 5) is 58.8. The van der Waals surface area contributed by atoms with Gasteiger partial charge in [-0.05, 0) is 62.3 Å². The molecule has 56 heavy (non-hydrogen) atoms. The van der Waals surface area contributed by atoms with Crippen molar-refractivity contribution in [3.05, 3.63) is 74.3 Å². The molecule has 15 nitrogen and oxygen atoms in total. The number of amides is 2. The highest BCUT2D eigenvalue weighted by molar-refractivity contribution is 6.33. The van der Waals surface area contributed by atoms with E-state index in [-0.39, 0.29) is 70.9 Å². The van der Waals surface area contributed by atoms with E-state index in [0.29, 0.717) is 75.7 Å². The molecule has 2 amide bonds. The molecule has 19 heteroatoms. The highest BCUT2D eigenvalue weighted by atomic mass is 35.5. The van der Waals surface area contributed by atoms with Crippen LogP contribution in [0.3, 0.4) is 0 Å². The van der Waals surface area contributed by atoms with Gasteiger partial charge in [-0.15, -0.1) is 5.10 Å². The van der Waals surface area contributed by atoms with Gasteiger partial charge in [0, 0.05) is 36.3 Å². The van der Waals surface area contributed by atoms with Crippen molar-refractivity contribution in [1.29, 1.82) is 0 Å². The first-order valence-corrected chi connectivity index (χ1v) is 18.8. The lowest BCUT2D eigenvalue weighted by Crippen LogP contribution is -2.47. The van der Waals surface area contributed by atoms with Crippen LogP contribution in [0.1, 0.15) is 78.6 Å². The van der Waals surface area contributed by atoms with Crippen molar-refractivity contribution in [3.8, 4) is 5.75 Å². The molecular weight excluding hydrogens is 759 g/mol. The van der Waals surface area contributed by atoms with Crippen molar-refractivity contribution in [2.24, 2.45) is 0 Å². The number of halogens is 4. The normalized spacial score (nSPS) is 21.0. The quantitative estimate of drug-likeness (QED) is 0.284. The summed E-state index contributed by atoms with van der Waals surface area (Å²) < 4.78 is 53.7. The Bertz CT molecular complexity index is 2320. The summed E-state index contributed by atoms with van der Waals surface area (Å²) in [6.45, 7) is 6.31. The monoisotopic (exact) mass is 797 g/mol. The number of aromatic nitrogens is 6. The number of fused-ring (bicyclic) bond motifs is 3. The molecule has 2 saturated heterocycles. The van der Waals surface area contributed by atoms with E-state index >= 15 is 0 Å². The van der Waals surface area contributed by atoms with Crippen molar-refractivity contribution in [2.45, 2.75) is 69.6 Å². The number of aromatic hydroxyl groups is 1. The third-order valence-corrected chi connectivity index (χ3v) is 11.6. The summed E-state index contributed by atoms with van der Waals surface area (Å²) in [5.74, 6) is -0.835. The zero-order valence-corrected chi connectivity index (χ0v) is 31.4. The van der Waals surface area contributed by atoms with Crippen LogP contribution in [0.15, 0.2) is 35.4 Å². The van der Waals surface area contributed by atoms with Crippen LogP contribution in [0.5, 0.6) is 5.75 Å². The number of piperidine rings is 1. The van der Waals surface area contributed by atoms with Gasteiger partial charge in [0.1, 0.15) is 12.9 Å². The molecule has 0 saturated carbocycles. The Balaban J connectivity index is 1.12. The molecule has 1 aliphatic carbocycles. The molecule has 8 rings (SSSR count). The number of alkyl halides is 3. The number of ether oxygens (including phenoxy) is 2. The number of hydrogen-bond acceptors (Lipinski definition) is 11. The topological polar surface area (TPSA) is 169 Å². The van der Waals surface area contributed by atoms with Crippen molar-refractivity contribution < 1.29 is 37.3 Å². The van der Waals surface area contributed by atoms with E-state index in [0.717, 1.165) is 23.8 Å². The van der Waals surface area contributed by atoms with E-state index in [9.17, 15) is 32.7 Å². The smallest absolute Gasteiger partial charge is 0.416 e. The van der Waals surface area contributed by atoms with Crippen LogP contribution in [0.25, 0.3) is 11.4 Å². The number of anilines is 2. The van der Waals surface area contributed by atoms with Gasteiger partial charge >= 0.3 is 6.18 Å². The third kappa shape index (κ3) is 6.66. The van der Waals surface area contributed by atoms with E-state index in [2.05, 4.69) is 20.4 Å². The summed E-state index contributed by atoms with van der Waals surface area (Å²) in [7, 11) is 0. The summed E-state index contributed by atoms with van der Waals surface area (Å²) in [5.41, 5.74) is -0.234. The average molecular weight is 798 g/mol. The molecule has 296 valence electrons. The average Bonchev–Trinajstić information content (AvgIpc) is 3.75. The maximum absolute atomic E-state index is 14.6. The predicted octanol–water partition coefficient (Wildman–Crippen LogP) is 4.41. The van der Waals surface area contributed by atoms with Gasteiger partial charge in [0.2, 0.25) is 11.7 Å². The Labute approximate surface area is 323 Å². The first-order chi connectivity index (χ1) is 26.8. The maximum Gasteiger partial charge on any atom is 0.416 e. The predicted molar refractivity (Wildman–Crippen MR) is 197 cm³/mol. The zero-order valence-electron chi connectivity index (χ0n) is 30.6. The van der Waals surface area contributed by atoms with Crippen molar-refractivity contribution in [3.63, 3.8) is 0 Å². The van der Waals surface area contributed by atoms with Crippen LogP contribution < -0.4 is 15.8 Å². The number of hydrogen-bond donors (Lipinski definition) is 2. The first kappa shape index (κ1) is 37.8. The van der Waals surface area contributed by atoms with Crippen LogP contribution in [-0.2, 0) is 32.4 Å². The molecule has 1 spiro atoms. The van der Waals surface area contributed by atoms with Gasteiger partial charge in [-0.25, -0.2) is 9.97 Å². The van der Waals surface area contributed by atoms with Crippen LogP contribution >= 0.6 is 11.6 Å². The summed E-state index contributed by atoms with van der Waals surface area (Å²) in [5, 5.41) is 18.2. The molecule has 1 unspecified atom stereocenters. The van der Waals surface area contributed by atoms with Gasteiger partial charge in [-0.1, -0.05) is 24.6 Å². The molecule has 3 aliphatic heterocycles. The largest absolute Gasteiger partial charge is 0.503 e. The number of likely N-dealkylation sites (tertiary alicyclic amines) is 1. The first-order valence-electron chi connectivity index (χ1n) is 18.4. The molecule has 4 aromatic rings. The Kier molecular flexibility index (Phi) is 9.77. The number of nitrogens with zero attached hydrogens (tertiary/aromatic N) is 8. The minimum Gasteiger partial charge on any atom is -0.503 e. The lowest BCUT2D eigenvalue weighted by Gasteiger charge is -2.40. The van der Waals surface area contributed by atoms with Gasteiger partial charge in [0.05, 0.1) is 48.7 Å². The minimum atomic E-state index is -4.61. The number of nitrogens with one attached hydrogen (secondary N) is 1. The molecule has 1 aromatic carbocycles. The Morgan fingerprint density at radius 3 is 2.59 bits per heavy atom. The lowest BCUT2D eigenvalue weighted by molar-refractivity contribution is -0.137. The second kappa shape index (κ2) is 14.5. The number of carbonyl (C=O) groups is 2. The van der Waals surface area contributed by atoms with E-state index in [4.69, 9.17) is 26.1 Å². The highest BCUT2D eigenvalue weighted by Gasteiger charge is 2.49. The molecule has 4 aliphatic rings. The molecule has 3 aromatic heterocycles. The van der Waals surface area contributed by atoms with E-state index in [1.54, 1.807) is 9.47 Å². The number of morpholine rings is 1. The van der Waals surface area contributed by atoms with Gasteiger partial charge in [-0.3, -0.25) is 14.4 Å². The SMILES string of the molecule is CC1CC2(CCN(C(=O)c3ncnc(N4CCOC[C@@H]4C)c3O)CC2)c2c1n(CC(=O)Nc1ccc(C(F)(F)F)cc1Cl)c1nc(C3=CCOCC3)nn1c2=O. The second-order valence-electron chi connectivity index (χ2n) is 14.8. The number of carbonyl (C=O) groups excluding carboxylic acids is 2. The van der Waals surface area contributed by atoms with Crippen molar-refractivity contribution in [2.75, 3.05) is 56.3 Å². The third-order valence-electron chi connectivity index (χ3n) is 11.3. The fourth-order valence-corrected chi connectivity index (χ4v) is 8.76. The van der Waals surface area contributed by atoms with Crippen LogP contribution in [0, 0.1) is 0 Å². The molecular formula is C37H39ClF3N9O6. The molecule has 2 fully saturated rings. The fourth-order valence-electron chi connectivity index (χ4n) is 8.54. The summed E-state index contributed by atoms with van der Waals surface area (Å²) in [6.07, 6.45) is 0.391. The summed E-state index contributed by atoms with van der Waals surface area (Å²) >= 11 is 6.17. The lowest BCUT2D eigenvalue weighted by atomic mass is 9.73. The fraction of sp³-hybridized carbons (Fsp3) is 0.486. The van der Waals surface area contributed by atoms with Gasteiger partial charge in [0.15, 0.2) is 23.1 Å². The van der Waals surface area contributed by atoms with Crippen molar-refractivity contribution >= 4 is 46.3 Å². The number of rotatable bonds is 6. The molecule has 0 radical (unpaired) electrons.